The molecule has 0 spiro atoms. The van der Waals surface area contributed by atoms with E-state index in [0.29, 0.717) is 36.5 Å². The van der Waals surface area contributed by atoms with Crippen molar-refractivity contribution >= 4 is 78.3 Å². The van der Waals surface area contributed by atoms with Gasteiger partial charge >= 0.3 is 46.7 Å². The molecule has 74 heavy (non-hydrogen) atoms. The van der Waals surface area contributed by atoms with Gasteiger partial charge < -0.3 is 29.7 Å². The normalized spacial score (nSPS) is 12.5. The predicted molar refractivity (Wildman–Crippen MR) is 331 cm³/mol. The van der Waals surface area contributed by atoms with Crippen LogP contribution in [-0.4, -0.2) is 57.7 Å². The molecule has 0 radical (unpaired) electrons. The number of carboxylic acids is 3. The molecule has 0 saturated heterocycles. The molecule has 10 heteroatoms. The molecule has 0 rings (SSSR count). The van der Waals surface area contributed by atoms with Gasteiger partial charge in [0.25, 0.3) is 0 Å². The third-order valence-electron chi connectivity index (χ3n) is 13.7. The second-order valence-electron chi connectivity index (χ2n) is 20.7. The van der Waals surface area contributed by atoms with Crippen LogP contribution in [0.1, 0.15) is 310 Å². The van der Waals surface area contributed by atoms with Crippen molar-refractivity contribution in [2.75, 3.05) is 17.3 Å². The topological polar surface area (TPSA) is 120 Å². The molecule has 6 nitrogen and oxygen atoms in total. The molecule has 0 aliphatic heterocycles. The summed E-state index contributed by atoms with van der Waals surface area (Å²) < 4.78 is 1.43. The Hall–Kier alpha value is -0.521. The minimum absolute atomic E-state index is 0.301. The van der Waals surface area contributed by atoms with Gasteiger partial charge in [-0.15, -0.1) is 0 Å². The van der Waals surface area contributed by atoms with Crippen molar-refractivity contribution in [1.29, 1.82) is 0 Å². The fourth-order valence-electron chi connectivity index (χ4n) is 8.64. The number of carbonyl (C=O) groups is 3. The molecule has 0 aromatic rings. The van der Waals surface area contributed by atoms with E-state index in [1.54, 1.807) is 22.5 Å². The van der Waals surface area contributed by atoms with Crippen molar-refractivity contribution in [3.63, 3.8) is 0 Å². The summed E-state index contributed by atoms with van der Waals surface area (Å²) in [5.74, 6) is -1.74. The average molecular weight is 1200 g/mol. The number of unbranched alkanes of at least 4 members (excludes halogenated alkanes) is 31. The Labute approximate surface area is 490 Å². The van der Waals surface area contributed by atoms with Crippen molar-refractivity contribution < 1.29 is 29.7 Å². The Morgan fingerprint density at radius 1 is 0.311 bits per heavy atom. The van der Waals surface area contributed by atoms with E-state index in [2.05, 4.69) is 102 Å². The first-order chi connectivity index (χ1) is 36.1. The van der Waals surface area contributed by atoms with Crippen LogP contribution in [0.3, 0.4) is 0 Å². The number of allylic oxidation sites excluding steroid dienone is 6. The van der Waals surface area contributed by atoms with Gasteiger partial charge in [0.15, 0.2) is 0 Å². The zero-order valence-corrected chi connectivity index (χ0v) is 54.5. The van der Waals surface area contributed by atoms with Gasteiger partial charge in [0, 0.05) is 17.9 Å². The predicted octanol–water partition coefficient (Wildman–Crippen LogP) is 17.3. The van der Waals surface area contributed by atoms with Gasteiger partial charge in [0.1, 0.15) is 0 Å². The van der Waals surface area contributed by atoms with E-state index in [1.807, 2.05) is 0 Å². The van der Waals surface area contributed by atoms with Crippen molar-refractivity contribution in [2.45, 2.75) is 315 Å². The van der Waals surface area contributed by atoms with E-state index in [1.165, 1.54) is 191 Å². The number of carbonyl (C=O) groups excluding carboxylic acids is 3. The van der Waals surface area contributed by atoms with Gasteiger partial charge in [-0.05, 0) is 151 Å². The summed E-state index contributed by atoms with van der Waals surface area (Å²) in [6.45, 7) is 9.00. The average Bonchev–Trinajstić information content (AvgIpc) is 3.38. The minimum atomic E-state index is -0.906. The van der Waals surface area contributed by atoms with Crippen LogP contribution in [0.4, 0.5) is 0 Å². The summed E-state index contributed by atoms with van der Waals surface area (Å²) in [6.07, 6.45) is 66.2. The van der Waals surface area contributed by atoms with Crippen LogP contribution >= 0.6 is 37.9 Å². The zero-order chi connectivity index (χ0) is 55.6. The fourth-order valence-corrected chi connectivity index (χ4v) is 10.6. The van der Waals surface area contributed by atoms with Crippen LogP contribution in [-0.2, 0) is 14.4 Å². The van der Waals surface area contributed by atoms with Crippen LogP contribution in [0.5, 0.6) is 0 Å². The van der Waals surface area contributed by atoms with E-state index in [-0.39, 0.29) is 17.8 Å². The monoisotopic (exact) mass is 1200 g/mol. The van der Waals surface area contributed by atoms with Crippen LogP contribution in [0, 0.1) is 17.8 Å². The molecule has 0 heterocycles. The molecular formula is C64H120O6S3Sn. The fraction of sp³-hybridized carbons (Fsp3) is 0.859. The van der Waals surface area contributed by atoms with Crippen LogP contribution in [0.15, 0.2) is 36.5 Å². The SMILES string of the molecule is CCCCCCCC/C=C\CCCCCCC(CCS)C(=O)[O-].CCCCCCCC/C=C\CCCCCCC(CCS)C(=O)[O-].CCCCCCCC/C=C\CCCCCCC(CCS)C(=O)[O-].CCC[CH2][Sn+3]. The molecule has 0 aliphatic rings. The van der Waals surface area contributed by atoms with Gasteiger partial charge in [0.2, 0.25) is 0 Å². The molecule has 0 saturated carbocycles. The first-order valence-corrected chi connectivity index (χ1v) is 35.0. The summed E-state index contributed by atoms with van der Waals surface area (Å²) in [5, 5.41) is 32.7. The molecule has 0 aromatic carbocycles. The Kier molecular flexibility index (Phi) is 78.3. The number of hydrogen-bond donors (Lipinski definition) is 3. The zero-order valence-electron chi connectivity index (χ0n) is 48.9. The third-order valence-corrected chi connectivity index (χ3v) is 15.4. The van der Waals surface area contributed by atoms with Crippen molar-refractivity contribution in [3.8, 4) is 0 Å². The molecule has 0 aliphatic carbocycles. The Morgan fingerprint density at radius 2 is 0.500 bits per heavy atom. The van der Waals surface area contributed by atoms with Crippen LogP contribution in [0.2, 0.25) is 4.44 Å². The van der Waals surface area contributed by atoms with E-state index in [9.17, 15) is 29.7 Å². The van der Waals surface area contributed by atoms with Crippen LogP contribution < -0.4 is 15.3 Å². The molecule has 3 unspecified atom stereocenters. The number of rotatable bonds is 53. The summed E-state index contributed by atoms with van der Waals surface area (Å²) in [5.41, 5.74) is 0. The Balaban J connectivity index is -0.000000473. The number of hydrogen-bond acceptors (Lipinski definition) is 9. The molecule has 0 N–H and O–H groups in total. The van der Waals surface area contributed by atoms with Gasteiger partial charge in [0.05, 0.1) is 0 Å². The van der Waals surface area contributed by atoms with Gasteiger partial charge in [-0.3, -0.25) is 0 Å². The molecule has 3 atom stereocenters. The third kappa shape index (κ3) is 71.5. The van der Waals surface area contributed by atoms with E-state index < -0.39 is 17.9 Å². The van der Waals surface area contributed by atoms with E-state index >= 15 is 0 Å². The molecule has 0 bridgehead atoms. The molecule has 0 amide bonds. The standard InChI is InChI=1S/3C20H38O2S.C4H9.Sn/c3*1-2-3-4-5-6-7-8-9-10-11-12-13-14-15-16-19(17-18-23)20(21)22;1-3-4-2;/h3*9-10,19,23H,2-8,11-18H2,1H3,(H,21,22);1,3-4H2,2H3;/q;;;;+3/p-3/b3*10-9-;;. The van der Waals surface area contributed by atoms with Crippen molar-refractivity contribution in [3.05, 3.63) is 36.5 Å². The van der Waals surface area contributed by atoms with Gasteiger partial charge in [-0.25, -0.2) is 0 Å². The van der Waals surface area contributed by atoms with Gasteiger partial charge in [-0.2, -0.15) is 37.9 Å². The molecule has 434 valence electrons. The molecule has 0 fully saturated rings. The second kappa shape index (κ2) is 72.5. The maximum absolute atomic E-state index is 10.9. The second-order valence-corrected chi connectivity index (χ2v) is 23.5. The van der Waals surface area contributed by atoms with E-state index in [0.717, 1.165) is 77.0 Å². The first kappa shape index (κ1) is 80.0. The van der Waals surface area contributed by atoms with Crippen LogP contribution in [0.25, 0.3) is 0 Å². The molecule has 0 aromatic heterocycles. The Bertz CT molecular complexity index is 1060. The first-order valence-electron chi connectivity index (χ1n) is 31.1. The maximum atomic E-state index is 10.9. The number of thiol groups is 3. The van der Waals surface area contributed by atoms with Crippen molar-refractivity contribution in [2.24, 2.45) is 17.8 Å². The summed E-state index contributed by atoms with van der Waals surface area (Å²) >= 11 is 14.0. The number of carboxylic acid groups (broad SMARTS) is 3. The molecular weight excluding hydrogens is 1080 g/mol. The van der Waals surface area contributed by atoms with Gasteiger partial charge in [-0.1, -0.05) is 211 Å². The summed E-state index contributed by atoms with van der Waals surface area (Å²) in [6, 6.07) is 0. The summed E-state index contributed by atoms with van der Waals surface area (Å²) in [7, 11) is 0. The van der Waals surface area contributed by atoms with E-state index in [4.69, 9.17) is 0 Å². The quantitative estimate of drug-likeness (QED) is 0.0241. The number of aliphatic carboxylic acids is 3. The van der Waals surface area contributed by atoms with Crippen molar-refractivity contribution in [1.82, 2.24) is 0 Å². The Morgan fingerprint density at radius 3 is 0.662 bits per heavy atom. The summed E-state index contributed by atoms with van der Waals surface area (Å²) in [4.78, 5) is 32.7.